The Labute approximate surface area is 200 Å². The van der Waals surface area contributed by atoms with Crippen molar-refractivity contribution in [2.45, 2.75) is 20.0 Å². The summed E-state index contributed by atoms with van der Waals surface area (Å²) in [5.74, 6) is 0.485. The molecular weight excluding hydrogens is 450 g/mol. The summed E-state index contributed by atoms with van der Waals surface area (Å²) < 4.78 is 7.15. The lowest BCUT2D eigenvalue weighted by Gasteiger charge is -2.27. The topological polar surface area (TPSA) is 89.4 Å². The quantitative estimate of drug-likeness (QED) is 0.460. The number of aromatic nitrogens is 3. The molecule has 2 aromatic heterocycles. The monoisotopic (exact) mass is 475 g/mol. The van der Waals surface area contributed by atoms with Gasteiger partial charge in [-0.15, -0.1) is 11.3 Å². The number of nitrogens with zero attached hydrogens (tertiary/aromatic N) is 4. The second kappa shape index (κ2) is 9.84. The molecule has 0 bridgehead atoms. The van der Waals surface area contributed by atoms with Gasteiger partial charge in [0.25, 0.3) is 11.5 Å². The van der Waals surface area contributed by atoms with Crippen LogP contribution in [0.25, 0.3) is 10.9 Å². The highest BCUT2D eigenvalue weighted by Gasteiger charge is 2.20. The highest BCUT2D eigenvalue weighted by atomic mass is 32.1. The van der Waals surface area contributed by atoms with Crippen molar-refractivity contribution in [1.29, 1.82) is 0 Å². The molecule has 8 nitrogen and oxygen atoms in total. The van der Waals surface area contributed by atoms with Crippen molar-refractivity contribution < 1.29 is 9.53 Å². The number of fused-ring (bicyclic) bond motifs is 1. The molecule has 0 aliphatic carbocycles. The average molecular weight is 476 g/mol. The van der Waals surface area contributed by atoms with Gasteiger partial charge in [-0.05, 0) is 31.2 Å². The number of thiazole rings is 1. The number of hydrogen-bond acceptors (Lipinski definition) is 7. The first-order valence-corrected chi connectivity index (χ1v) is 12.0. The van der Waals surface area contributed by atoms with E-state index in [9.17, 15) is 9.59 Å². The fourth-order valence-electron chi connectivity index (χ4n) is 4.03. The van der Waals surface area contributed by atoms with Gasteiger partial charge in [-0.3, -0.25) is 19.1 Å². The van der Waals surface area contributed by atoms with Crippen LogP contribution in [-0.4, -0.2) is 51.6 Å². The van der Waals surface area contributed by atoms with Crippen molar-refractivity contribution in [3.05, 3.63) is 86.4 Å². The molecule has 1 N–H and O–H groups in total. The molecule has 1 saturated heterocycles. The maximum absolute atomic E-state index is 13.4. The zero-order chi connectivity index (χ0) is 23.5. The van der Waals surface area contributed by atoms with Crippen molar-refractivity contribution in [3.63, 3.8) is 0 Å². The summed E-state index contributed by atoms with van der Waals surface area (Å²) in [4.78, 5) is 38.5. The molecule has 9 heteroatoms. The van der Waals surface area contributed by atoms with Crippen LogP contribution in [0.2, 0.25) is 0 Å². The average Bonchev–Trinajstić information content (AvgIpc) is 3.23. The molecule has 1 aliphatic rings. The van der Waals surface area contributed by atoms with Crippen LogP contribution in [0.3, 0.4) is 0 Å². The predicted octanol–water partition coefficient (Wildman–Crippen LogP) is 3.29. The molecule has 0 radical (unpaired) electrons. The summed E-state index contributed by atoms with van der Waals surface area (Å²) in [6.45, 7) is 5.56. The van der Waals surface area contributed by atoms with Crippen molar-refractivity contribution in [2.75, 3.05) is 31.6 Å². The lowest BCUT2D eigenvalue weighted by Crippen LogP contribution is -2.38. The van der Waals surface area contributed by atoms with E-state index < -0.39 is 0 Å². The van der Waals surface area contributed by atoms with Crippen LogP contribution < -0.4 is 10.9 Å². The molecule has 3 heterocycles. The third kappa shape index (κ3) is 4.77. The van der Waals surface area contributed by atoms with E-state index in [0.717, 1.165) is 18.8 Å². The smallest absolute Gasteiger partial charge is 0.267 e. The molecule has 174 valence electrons. The third-order valence-electron chi connectivity index (χ3n) is 5.78. The molecule has 0 spiro atoms. The standard InChI is InChI=1S/C25H25N5O3S/c1-17-23(24(31)27-18-7-3-2-4-8-18)34-22(26-17)16-30-21(15-29-11-13-33-14-12-29)28-20-10-6-5-9-19(20)25(30)32/h2-10H,11-16H2,1H3,(H,27,31). The fraction of sp³-hybridized carbons (Fsp3) is 0.280. The van der Waals surface area contributed by atoms with E-state index in [0.29, 0.717) is 52.1 Å². The van der Waals surface area contributed by atoms with Crippen LogP contribution in [-0.2, 0) is 17.8 Å². The highest BCUT2D eigenvalue weighted by molar-refractivity contribution is 7.13. The molecule has 0 atom stereocenters. The minimum Gasteiger partial charge on any atom is -0.379 e. The van der Waals surface area contributed by atoms with Gasteiger partial charge in [0.2, 0.25) is 0 Å². The van der Waals surface area contributed by atoms with E-state index >= 15 is 0 Å². The van der Waals surface area contributed by atoms with Crippen LogP contribution in [0, 0.1) is 6.92 Å². The van der Waals surface area contributed by atoms with E-state index in [1.165, 1.54) is 11.3 Å². The molecule has 2 aromatic carbocycles. The van der Waals surface area contributed by atoms with Gasteiger partial charge in [-0.25, -0.2) is 9.97 Å². The lowest BCUT2D eigenvalue weighted by atomic mass is 10.2. The van der Waals surface area contributed by atoms with E-state index in [2.05, 4.69) is 15.2 Å². The number of carbonyl (C=O) groups is 1. The molecule has 34 heavy (non-hydrogen) atoms. The van der Waals surface area contributed by atoms with Gasteiger partial charge >= 0.3 is 0 Å². The number of rotatable bonds is 6. The van der Waals surface area contributed by atoms with Crippen LogP contribution >= 0.6 is 11.3 Å². The van der Waals surface area contributed by atoms with Crippen molar-refractivity contribution in [3.8, 4) is 0 Å². The number of benzene rings is 2. The number of hydrogen-bond donors (Lipinski definition) is 1. The molecule has 0 unspecified atom stereocenters. The van der Waals surface area contributed by atoms with Gasteiger partial charge in [0.1, 0.15) is 15.7 Å². The lowest BCUT2D eigenvalue weighted by molar-refractivity contribution is 0.0325. The predicted molar refractivity (Wildman–Crippen MR) is 132 cm³/mol. The van der Waals surface area contributed by atoms with Crippen LogP contribution in [0.1, 0.15) is 26.2 Å². The number of morpholine rings is 1. The number of nitrogens with one attached hydrogen (secondary N) is 1. The van der Waals surface area contributed by atoms with E-state index in [1.54, 1.807) is 10.6 Å². The number of amides is 1. The van der Waals surface area contributed by atoms with Crippen molar-refractivity contribution in [1.82, 2.24) is 19.4 Å². The molecule has 5 rings (SSSR count). The van der Waals surface area contributed by atoms with Crippen LogP contribution in [0.4, 0.5) is 5.69 Å². The third-order valence-corrected chi connectivity index (χ3v) is 6.92. The Morgan fingerprint density at radius 2 is 1.76 bits per heavy atom. The van der Waals surface area contributed by atoms with Gasteiger partial charge < -0.3 is 10.1 Å². The summed E-state index contributed by atoms with van der Waals surface area (Å²) in [6, 6.07) is 16.7. The molecule has 1 aliphatic heterocycles. The van der Waals surface area contributed by atoms with Gasteiger partial charge in [0.15, 0.2) is 0 Å². The first-order valence-electron chi connectivity index (χ1n) is 11.2. The second-order valence-corrected chi connectivity index (χ2v) is 9.25. The van der Waals surface area contributed by atoms with Crippen LogP contribution in [0.15, 0.2) is 59.4 Å². The largest absolute Gasteiger partial charge is 0.379 e. The Morgan fingerprint density at radius 3 is 2.56 bits per heavy atom. The Balaban J connectivity index is 1.46. The second-order valence-electron chi connectivity index (χ2n) is 8.17. The number of anilines is 1. The number of para-hydroxylation sites is 2. The summed E-state index contributed by atoms with van der Waals surface area (Å²) in [6.07, 6.45) is 0. The van der Waals surface area contributed by atoms with Gasteiger partial charge in [-0.1, -0.05) is 30.3 Å². The minimum atomic E-state index is -0.204. The summed E-state index contributed by atoms with van der Waals surface area (Å²) in [5, 5.41) is 4.17. The maximum Gasteiger partial charge on any atom is 0.267 e. The Morgan fingerprint density at radius 1 is 1.03 bits per heavy atom. The zero-order valence-corrected chi connectivity index (χ0v) is 19.7. The molecule has 1 amide bonds. The van der Waals surface area contributed by atoms with E-state index in [1.807, 2.05) is 55.5 Å². The Kier molecular flexibility index (Phi) is 6.48. The zero-order valence-electron chi connectivity index (χ0n) is 18.9. The molecule has 4 aromatic rings. The number of carbonyl (C=O) groups excluding carboxylic acids is 1. The molecular formula is C25H25N5O3S. The number of aryl methyl sites for hydroxylation is 1. The van der Waals surface area contributed by atoms with E-state index in [4.69, 9.17) is 9.72 Å². The normalized spacial score (nSPS) is 14.4. The fourth-order valence-corrected chi connectivity index (χ4v) is 4.98. The van der Waals surface area contributed by atoms with Gasteiger partial charge in [0, 0.05) is 18.8 Å². The number of ether oxygens (including phenoxy) is 1. The highest BCUT2D eigenvalue weighted by Crippen LogP contribution is 2.21. The van der Waals surface area contributed by atoms with Gasteiger partial charge in [-0.2, -0.15) is 0 Å². The Bertz CT molecular complexity index is 1380. The molecule has 1 fully saturated rings. The summed E-state index contributed by atoms with van der Waals surface area (Å²) in [5.41, 5.74) is 1.96. The van der Waals surface area contributed by atoms with E-state index in [-0.39, 0.29) is 18.0 Å². The first kappa shape index (κ1) is 22.4. The molecule has 0 saturated carbocycles. The van der Waals surface area contributed by atoms with Gasteiger partial charge in [0.05, 0.1) is 42.9 Å². The minimum absolute atomic E-state index is 0.100. The van der Waals surface area contributed by atoms with Crippen molar-refractivity contribution in [2.24, 2.45) is 0 Å². The van der Waals surface area contributed by atoms with Crippen molar-refractivity contribution >= 4 is 33.8 Å². The SMILES string of the molecule is Cc1nc(Cn2c(CN3CCOCC3)nc3ccccc3c2=O)sc1C(=O)Nc1ccccc1. The Hall–Kier alpha value is -3.40. The first-order chi connectivity index (χ1) is 16.6. The van der Waals surface area contributed by atoms with Crippen LogP contribution in [0.5, 0.6) is 0 Å². The maximum atomic E-state index is 13.4. The summed E-state index contributed by atoms with van der Waals surface area (Å²) in [7, 11) is 0. The summed E-state index contributed by atoms with van der Waals surface area (Å²) >= 11 is 1.31.